The first-order chi connectivity index (χ1) is 10.7. The molecule has 5 nitrogen and oxygen atoms in total. The zero-order chi connectivity index (χ0) is 15.4. The summed E-state index contributed by atoms with van der Waals surface area (Å²) in [7, 11) is 0. The summed E-state index contributed by atoms with van der Waals surface area (Å²) in [6.45, 7) is 0. The number of urea groups is 1. The van der Waals surface area contributed by atoms with E-state index >= 15 is 0 Å². The summed E-state index contributed by atoms with van der Waals surface area (Å²) in [6, 6.07) is 11.1. The van der Waals surface area contributed by atoms with Gasteiger partial charge in [-0.2, -0.15) is 0 Å². The minimum absolute atomic E-state index is 0.0314. The first-order valence-electron chi connectivity index (χ1n) is 6.86. The standard InChI is InChI=1S/C15H15N3O2S2/c19-14(13-6-3-8-21-13)17-18-15(20)16-11-7-9-22-12-5-2-1-4-10(11)12/h1-6,8,11H,7,9H2,(H,17,19)(H2,16,18,20)/t11-/m1/s1. The van der Waals surface area contributed by atoms with Crippen LogP contribution in [-0.4, -0.2) is 17.7 Å². The zero-order valence-corrected chi connectivity index (χ0v) is 13.3. The molecule has 0 radical (unpaired) electrons. The maximum absolute atomic E-state index is 12.0. The van der Waals surface area contributed by atoms with E-state index in [1.807, 2.05) is 23.6 Å². The lowest BCUT2D eigenvalue weighted by Crippen LogP contribution is -2.48. The van der Waals surface area contributed by atoms with Gasteiger partial charge in [0.15, 0.2) is 0 Å². The van der Waals surface area contributed by atoms with E-state index in [0.29, 0.717) is 4.88 Å². The molecule has 1 atom stereocenters. The second-order valence-electron chi connectivity index (χ2n) is 4.76. The van der Waals surface area contributed by atoms with Gasteiger partial charge >= 0.3 is 6.03 Å². The summed E-state index contributed by atoms with van der Waals surface area (Å²) >= 11 is 3.12. The number of nitrogens with one attached hydrogen (secondary N) is 3. The van der Waals surface area contributed by atoms with Crippen LogP contribution in [0.3, 0.4) is 0 Å². The number of rotatable bonds is 2. The highest BCUT2D eigenvalue weighted by Crippen LogP contribution is 2.35. The van der Waals surface area contributed by atoms with E-state index in [4.69, 9.17) is 0 Å². The van der Waals surface area contributed by atoms with E-state index in [1.165, 1.54) is 16.2 Å². The fourth-order valence-corrected chi connectivity index (χ4v) is 4.01. The van der Waals surface area contributed by atoms with Crippen molar-refractivity contribution in [3.8, 4) is 0 Å². The molecule has 0 spiro atoms. The Labute approximate surface area is 136 Å². The summed E-state index contributed by atoms with van der Waals surface area (Å²) < 4.78 is 0. The van der Waals surface area contributed by atoms with Crippen molar-refractivity contribution >= 4 is 35.0 Å². The molecule has 0 fully saturated rings. The molecule has 0 unspecified atom stereocenters. The van der Waals surface area contributed by atoms with Crippen molar-refractivity contribution in [3.05, 3.63) is 52.2 Å². The molecule has 114 valence electrons. The molecule has 22 heavy (non-hydrogen) atoms. The normalized spacial score (nSPS) is 16.5. The Morgan fingerprint density at radius 2 is 1.95 bits per heavy atom. The van der Waals surface area contributed by atoms with Crippen molar-refractivity contribution in [3.63, 3.8) is 0 Å². The minimum atomic E-state index is -0.406. The molecule has 1 aromatic carbocycles. The number of fused-ring (bicyclic) bond motifs is 1. The smallest absolute Gasteiger partial charge is 0.330 e. The second kappa shape index (κ2) is 6.85. The maximum atomic E-state index is 12.0. The van der Waals surface area contributed by atoms with Crippen LogP contribution in [0.5, 0.6) is 0 Å². The SMILES string of the molecule is O=C(NNC(=O)c1cccs1)N[C@@H]1CCSc2ccccc21. The lowest BCUT2D eigenvalue weighted by atomic mass is 10.0. The Balaban J connectivity index is 1.55. The highest BCUT2D eigenvalue weighted by molar-refractivity contribution is 7.99. The van der Waals surface area contributed by atoms with E-state index in [2.05, 4.69) is 22.2 Å². The fraction of sp³-hybridized carbons (Fsp3) is 0.200. The molecule has 3 rings (SSSR count). The van der Waals surface area contributed by atoms with Crippen LogP contribution in [0.4, 0.5) is 4.79 Å². The van der Waals surface area contributed by atoms with Gasteiger partial charge in [0, 0.05) is 10.6 Å². The average Bonchev–Trinajstić information content (AvgIpc) is 3.07. The molecule has 7 heteroatoms. The molecular formula is C15H15N3O2S2. The Morgan fingerprint density at radius 3 is 2.77 bits per heavy atom. The molecule has 1 aromatic heterocycles. The zero-order valence-electron chi connectivity index (χ0n) is 11.7. The van der Waals surface area contributed by atoms with Crippen molar-refractivity contribution in [2.24, 2.45) is 0 Å². The second-order valence-corrected chi connectivity index (χ2v) is 6.84. The van der Waals surface area contributed by atoms with E-state index in [0.717, 1.165) is 17.7 Å². The van der Waals surface area contributed by atoms with Gasteiger partial charge < -0.3 is 5.32 Å². The predicted molar refractivity (Wildman–Crippen MR) is 88.0 cm³/mol. The summed E-state index contributed by atoms with van der Waals surface area (Å²) in [5, 5.41) is 4.71. The van der Waals surface area contributed by atoms with Crippen LogP contribution >= 0.6 is 23.1 Å². The number of benzene rings is 1. The number of thioether (sulfide) groups is 1. The number of hydrazine groups is 1. The largest absolute Gasteiger partial charge is 0.333 e. The average molecular weight is 333 g/mol. The number of carbonyl (C=O) groups excluding carboxylic acids is 2. The molecule has 0 bridgehead atoms. The first kappa shape index (κ1) is 14.9. The van der Waals surface area contributed by atoms with Gasteiger partial charge in [0.1, 0.15) is 0 Å². The van der Waals surface area contributed by atoms with Gasteiger partial charge in [-0.3, -0.25) is 10.2 Å². The Kier molecular flexibility index (Phi) is 4.65. The van der Waals surface area contributed by atoms with Crippen LogP contribution in [0.15, 0.2) is 46.7 Å². The molecular weight excluding hydrogens is 318 g/mol. The molecule has 0 saturated carbocycles. The third-order valence-electron chi connectivity index (χ3n) is 3.30. The third-order valence-corrected chi connectivity index (χ3v) is 5.29. The van der Waals surface area contributed by atoms with Crippen LogP contribution in [0.25, 0.3) is 0 Å². The molecule has 3 N–H and O–H groups in total. The number of thiophene rings is 1. The highest BCUT2D eigenvalue weighted by atomic mass is 32.2. The Bertz CT molecular complexity index is 673. The van der Waals surface area contributed by atoms with Gasteiger partial charge in [-0.1, -0.05) is 24.3 Å². The number of hydrogen-bond donors (Lipinski definition) is 3. The van der Waals surface area contributed by atoms with E-state index in [-0.39, 0.29) is 11.9 Å². The monoisotopic (exact) mass is 333 g/mol. The number of hydrogen-bond acceptors (Lipinski definition) is 4. The van der Waals surface area contributed by atoms with Crippen molar-refractivity contribution in [1.82, 2.24) is 16.2 Å². The van der Waals surface area contributed by atoms with E-state index < -0.39 is 6.03 Å². The molecule has 1 aliphatic rings. The molecule has 2 heterocycles. The summed E-state index contributed by atoms with van der Waals surface area (Å²) in [5.74, 6) is 0.647. The molecule has 0 aliphatic carbocycles. The van der Waals surface area contributed by atoms with E-state index in [9.17, 15) is 9.59 Å². The molecule has 0 saturated heterocycles. The van der Waals surface area contributed by atoms with Gasteiger partial charge in [0.25, 0.3) is 5.91 Å². The molecule has 3 amide bonds. The summed E-state index contributed by atoms with van der Waals surface area (Å²) in [4.78, 5) is 25.5. The summed E-state index contributed by atoms with van der Waals surface area (Å²) in [6.07, 6.45) is 0.869. The van der Waals surface area contributed by atoms with Gasteiger partial charge in [-0.05, 0) is 29.5 Å². The van der Waals surface area contributed by atoms with Crippen LogP contribution < -0.4 is 16.2 Å². The highest BCUT2D eigenvalue weighted by Gasteiger charge is 2.22. The van der Waals surface area contributed by atoms with Gasteiger partial charge in [-0.15, -0.1) is 23.1 Å². The van der Waals surface area contributed by atoms with Crippen LogP contribution in [0.1, 0.15) is 27.7 Å². The van der Waals surface area contributed by atoms with Gasteiger partial charge in [0.05, 0.1) is 10.9 Å². The van der Waals surface area contributed by atoms with Crippen molar-refractivity contribution in [2.75, 3.05) is 5.75 Å². The molecule has 1 aliphatic heterocycles. The van der Waals surface area contributed by atoms with Gasteiger partial charge in [0.2, 0.25) is 0 Å². The predicted octanol–water partition coefficient (Wildman–Crippen LogP) is 2.93. The first-order valence-corrected chi connectivity index (χ1v) is 8.72. The Hall–Kier alpha value is -1.99. The number of carbonyl (C=O) groups is 2. The number of amides is 3. The Morgan fingerprint density at radius 1 is 1.09 bits per heavy atom. The molecule has 2 aromatic rings. The van der Waals surface area contributed by atoms with Crippen LogP contribution in [-0.2, 0) is 0 Å². The van der Waals surface area contributed by atoms with Crippen LogP contribution in [0.2, 0.25) is 0 Å². The summed E-state index contributed by atoms with van der Waals surface area (Å²) in [5.41, 5.74) is 5.93. The van der Waals surface area contributed by atoms with Crippen molar-refractivity contribution in [2.45, 2.75) is 17.4 Å². The topological polar surface area (TPSA) is 70.2 Å². The van der Waals surface area contributed by atoms with Crippen molar-refractivity contribution < 1.29 is 9.59 Å². The third kappa shape index (κ3) is 3.42. The van der Waals surface area contributed by atoms with Crippen molar-refractivity contribution in [1.29, 1.82) is 0 Å². The maximum Gasteiger partial charge on any atom is 0.333 e. The minimum Gasteiger partial charge on any atom is -0.330 e. The van der Waals surface area contributed by atoms with Gasteiger partial charge in [-0.25, -0.2) is 10.2 Å². The lowest BCUT2D eigenvalue weighted by molar-refractivity contribution is 0.0940. The quantitative estimate of drug-likeness (QED) is 0.740. The van der Waals surface area contributed by atoms with E-state index in [1.54, 1.807) is 23.9 Å². The lowest BCUT2D eigenvalue weighted by Gasteiger charge is -2.25. The fourth-order valence-electron chi connectivity index (χ4n) is 2.27. The van der Waals surface area contributed by atoms with Crippen LogP contribution in [0, 0.1) is 0 Å².